The third kappa shape index (κ3) is 5.35. The van der Waals surface area contributed by atoms with Crippen LogP contribution < -0.4 is 15.4 Å². The van der Waals surface area contributed by atoms with Gasteiger partial charge in [-0.3, -0.25) is 9.88 Å². The van der Waals surface area contributed by atoms with E-state index in [2.05, 4.69) is 33.2 Å². The van der Waals surface area contributed by atoms with Crippen LogP contribution in [0.3, 0.4) is 0 Å². The molecule has 6 rings (SSSR count). The summed E-state index contributed by atoms with van der Waals surface area (Å²) in [6.45, 7) is 7.59. The number of anilines is 1. The van der Waals surface area contributed by atoms with E-state index in [0.717, 1.165) is 60.3 Å². The summed E-state index contributed by atoms with van der Waals surface area (Å²) in [5.74, 6) is 1.71. The van der Waals surface area contributed by atoms with Crippen molar-refractivity contribution in [2.45, 2.75) is 38.0 Å². The number of thiocarbonyl (C=S) groups is 1. The number of fused-ring (bicyclic) bond motifs is 4. The number of rotatable bonds is 6. The average molecular weight is 541 g/mol. The maximum absolute atomic E-state index is 13.4. The molecule has 2 N–H and O–H groups in total. The molecule has 200 valence electrons. The number of aryl methyl sites for hydroxylation is 1. The number of halogens is 3. The molecule has 0 radical (unpaired) electrons. The Kier molecular flexibility index (Phi) is 7.33. The van der Waals surface area contributed by atoms with Gasteiger partial charge in [0.1, 0.15) is 5.75 Å². The van der Waals surface area contributed by atoms with Crippen molar-refractivity contribution in [3.8, 4) is 5.75 Å². The van der Waals surface area contributed by atoms with Crippen LogP contribution in [0.15, 0.2) is 61.3 Å². The Morgan fingerprint density at radius 1 is 1.24 bits per heavy atom. The molecule has 5 atom stereocenters. The Bertz CT molecular complexity index is 1360. The fourth-order valence-electron chi connectivity index (χ4n) is 5.98. The molecule has 3 fully saturated rings. The van der Waals surface area contributed by atoms with Crippen LogP contribution in [0.5, 0.6) is 5.75 Å². The SMILES string of the molecule is C=CC1C[N@@]2CCC1C[C@H]2C(NC(=S)Nc1cc(C)cc(C(F)(F)F)c1)c1ccnc2ccc(OC)cc12. The molecule has 3 saturated heterocycles. The topological polar surface area (TPSA) is 49.4 Å². The summed E-state index contributed by atoms with van der Waals surface area (Å²) < 4.78 is 45.7. The molecule has 4 heterocycles. The van der Waals surface area contributed by atoms with Gasteiger partial charge < -0.3 is 15.4 Å². The van der Waals surface area contributed by atoms with E-state index in [4.69, 9.17) is 17.0 Å². The van der Waals surface area contributed by atoms with Gasteiger partial charge in [0.05, 0.1) is 24.2 Å². The van der Waals surface area contributed by atoms with E-state index in [1.807, 2.05) is 24.3 Å². The molecular formula is C29H31F3N4OS. The normalized spacial score (nSPS) is 23.6. The largest absolute Gasteiger partial charge is 0.497 e. The molecule has 38 heavy (non-hydrogen) atoms. The third-order valence-electron chi connectivity index (χ3n) is 7.81. The first-order valence-corrected chi connectivity index (χ1v) is 13.1. The van der Waals surface area contributed by atoms with E-state index < -0.39 is 11.7 Å². The minimum absolute atomic E-state index is 0.143. The van der Waals surface area contributed by atoms with Crippen molar-refractivity contribution in [3.05, 3.63) is 78.0 Å². The fourth-order valence-corrected chi connectivity index (χ4v) is 6.22. The number of benzene rings is 2. The van der Waals surface area contributed by atoms with Gasteiger partial charge >= 0.3 is 6.18 Å². The summed E-state index contributed by atoms with van der Waals surface area (Å²) in [5, 5.41) is 7.71. The van der Waals surface area contributed by atoms with Crippen molar-refractivity contribution in [1.29, 1.82) is 0 Å². The summed E-state index contributed by atoms with van der Waals surface area (Å²) in [5.41, 5.74) is 1.94. The first-order chi connectivity index (χ1) is 18.2. The van der Waals surface area contributed by atoms with E-state index in [-0.39, 0.29) is 17.2 Å². The molecule has 3 aliphatic heterocycles. The van der Waals surface area contributed by atoms with E-state index in [1.165, 1.54) is 0 Å². The van der Waals surface area contributed by atoms with Crippen molar-refractivity contribution < 1.29 is 17.9 Å². The number of hydrogen-bond donors (Lipinski definition) is 2. The number of methoxy groups -OCH3 is 1. The molecule has 0 spiro atoms. The minimum atomic E-state index is -4.44. The van der Waals surface area contributed by atoms with Crippen molar-refractivity contribution in [3.63, 3.8) is 0 Å². The van der Waals surface area contributed by atoms with Gasteiger partial charge in [0.2, 0.25) is 0 Å². The Morgan fingerprint density at radius 3 is 2.74 bits per heavy atom. The monoisotopic (exact) mass is 540 g/mol. The van der Waals surface area contributed by atoms with Crippen LogP contribution in [0.4, 0.5) is 18.9 Å². The van der Waals surface area contributed by atoms with Gasteiger partial charge in [-0.05, 0) is 104 Å². The molecular weight excluding hydrogens is 509 g/mol. The quantitative estimate of drug-likeness (QED) is 0.275. The molecule has 0 amide bonds. The van der Waals surface area contributed by atoms with E-state index >= 15 is 0 Å². The van der Waals surface area contributed by atoms with Gasteiger partial charge in [0, 0.05) is 29.9 Å². The van der Waals surface area contributed by atoms with Gasteiger partial charge in [0.25, 0.3) is 0 Å². The summed E-state index contributed by atoms with van der Waals surface area (Å²) in [7, 11) is 1.63. The lowest BCUT2D eigenvalue weighted by Gasteiger charge is -2.52. The fraction of sp³-hybridized carbons (Fsp3) is 0.379. The lowest BCUT2D eigenvalue weighted by atomic mass is 9.73. The van der Waals surface area contributed by atoms with Gasteiger partial charge in [0.15, 0.2) is 5.11 Å². The zero-order valence-electron chi connectivity index (χ0n) is 21.4. The summed E-state index contributed by atoms with van der Waals surface area (Å²) in [6.07, 6.45) is 1.49. The highest BCUT2D eigenvalue weighted by Gasteiger charge is 2.43. The van der Waals surface area contributed by atoms with Crippen molar-refractivity contribution in [1.82, 2.24) is 15.2 Å². The van der Waals surface area contributed by atoms with Crippen LogP contribution in [-0.4, -0.2) is 41.2 Å². The van der Waals surface area contributed by atoms with Gasteiger partial charge in [-0.15, -0.1) is 6.58 Å². The number of aromatic nitrogens is 1. The van der Waals surface area contributed by atoms with Crippen LogP contribution in [0, 0.1) is 18.8 Å². The summed E-state index contributed by atoms with van der Waals surface area (Å²) >= 11 is 5.69. The number of piperidine rings is 3. The van der Waals surface area contributed by atoms with Crippen molar-refractivity contribution >= 4 is 33.9 Å². The van der Waals surface area contributed by atoms with Gasteiger partial charge in [-0.2, -0.15) is 13.2 Å². The van der Waals surface area contributed by atoms with E-state index in [1.54, 1.807) is 26.3 Å². The number of alkyl halides is 3. The Morgan fingerprint density at radius 2 is 2.05 bits per heavy atom. The zero-order chi connectivity index (χ0) is 27.0. The first-order valence-electron chi connectivity index (χ1n) is 12.7. The molecule has 2 bridgehead atoms. The van der Waals surface area contributed by atoms with Crippen LogP contribution >= 0.6 is 12.2 Å². The minimum Gasteiger partial charge on any atom is -0.497 e. The highest BCUT2D eigenvalue weighted by molar-refractivity contribution is 7.80. The van der Waals surface area contributed by atoms with E-state index in [9.17, 15) is 13.2 Å². The highest BCUT2D eigenvalue weighted by atomic mass is 32.1. The summed E-state index contributed by atoms with van der Waals surface area (Å²) in [6, 6.07) is 11.6. The van der Waals surface area contributed by atoms with Crippen LogP contribution in [-0.2, 0) is 6.18 Å². The van der Waals surface area contributed by atoms with Crippen LogP contribution in [0.2, 0.25) is 0 Å². The Labute approximate surface area is 226 Å². The zero-order valence-corrected chi connectivity index (χ0v) is 22.2. The number of nitrogens with zero attached hydrogens (tertiary/aromatic N) is 2. The molecule has 0 saturated carbocycles. The number of hydrogen-bond acceptors (Lipinski definition) is 4. The predicted molar refractivity (Wildman–Crippen MR) is 148 cm³/mol. The first kappa shape index (κ1) is 26.4. The average Bonchev–Trinajstić information content (AvgIpc) is 2.90. The lowest BCUT2D eigenvalue weighted by molar-refractivity contribution is -0.137. The molecule has 5 nitrogen and oxygen atoms in total. The summed E-state index contributed by atoms with van der Waals surface area (Å²) in [4.78, 5) is 7.02. The second kappa shape index (κ2) is 10.5. The number of pyridine rings is 1. The maximum atomic E-state index is 13.4. The standard InChI is InChI=1S/C29H31F3N4OS/c1-4-18-16-36-10-8-19(18)13-26(36)27(23-7-9-33-25-6-5-22(37-3)15-24(23)25)35-28(38)34-21-12-17(2)11-20(14-21)29(30,31)32/h4-7,9,11-12,14-15,18-19,26-27H,1,8,10,13,16H2,2-3H3,(H2,34,35,38)/t18?,19?,26-,27?/m0/s1. The molecule has 0 aliphatic carbocycles. The second-order valence-electron chi connectivity index (χ2n) is 10.2. The van der Waals surface area contributed by atoms with Crippen LogP contribution in [0.25, 0.3) is 10.9 Å². The molecule has 3 aliphatic rings. The van der Waals surface area contributed by atoms with Crippen molar-refractivity contribution in [2.24, 2.45) is 11.8 Å². The smallest absolute Gasteiger partial charge is 0.416 e. The van der Waals surface area contributed by atoms with Crippen LogP contribution in [0.1, 0.15) is 35.6 Å². The number of nitrogens with one attached hydrogen (secondary N) is 2. The van der Waals surface area contributed by atoms with Crippen molar-refractivity contribution in [2.75, 3.05) is 25.5 Å². The van der Waals surface area contributed by atoms with Gasteiger partial charge in [-0.25, -0.2) is 0 Å². The molecule has 9 heteroatoms. The maximum Gasteiger partial charge on any atom is 0.416 e. The molecule has 3 unspecified atom stereocenters. The molecule has 3 aromatic rings. The van der Waals surface area contributed by atoms with Gasteiger partial charge in [-0.1, -0.05) is 6.08 Å². The molecule has 2 aromatic carbocycles. The number of ether oxygens (including phenoxy) is 1. The third-order valence-corrected chi connectivity index (χ3v) is 8.03. The Hall–Kier alpha value is -3.17. The highest BCUT2D eigenvalue weighted by Crippen LogP contribution is 2.42. The second-order valence-corrected chi connectivity index (χ2v) is 10.6. The molecule has 1 aromatic heterocycles. The van der Waals surface area contributed by atoms with E-state index in [0.29, 0.717) is 23.1 Å². The predicted octanol–water partition coefficient (Wildman–Crippen LogP) is 6.49. The lowest BCUT2D eigenvalue weighted by Crippen LogP contribution is -2.57. The Balaban J connectivity index is 1.50.